The average molecular weight is 290 g/mol. The number of sulfonamides is 1. The molecule has 108 valence electrons. The van der Waals surface area contributed by atoms with Crippen LogP contribution >= 0.6 is 0 Å². The normalized spacial score (nSPS) is 11.1. The van der Waals surface area contributed by atoms with Crippen molar-refractivity contribution in [2.45, 2.75) is 6.42 Å². The molecule has 0 unspecified atom stereocenters. The Balaban J connectivity index is 2.44. The largest absolute Gasteiger partial charge is 0.467 e. The van der Waals surface area contributed by atoms with Crippen LogP contribution in [0, 0.1) is 0 Å². The minimum Gasteiger partial charge on any atom is -0.467 e. The first kappa shape index (κ1) is 15.4. The Morgan fingerprint density at radius 3 is 2.42 bits per heavy atom. The molecule has 1 aromatic rings. The molecule has 0 spiro atoms. The first-order chi connectivity index (χ1) is 8.94. The zero-order chi connectivity index (χ0) is 14.3. The summed E-state index contributed by atoms with van der Waals surface area (Å²) in [5.41, 5.74) is 0. The lowest BCUT2D eigenvalue weighted by Crippen LogP contribution is -2.24. The molecule has 0 amide bonds. The zero-order valence-electron chi connectivity index (χ0n) is 11.1. The van der Waals surface area contributed by atoms with Gasteiger partial charge in [0.2, 0.25) is 21.9 Å². The van der Waals surface area contributed by atoms with Crippen LogP contribution in [-0.2, 0) is 10.0 Å². The highest BCUT2D eigenvalue weighted by atomic mass is 32.2. The molecule has 3 N–H and O–H groups in total. The van der Waals surface area contributed by atoms with Crippen LogP contribution in [0.1, 0.15) is 6.42 Å². The highest BCUT2D eigenvalue weighted by Gasteiger charge is 2.05. The predicted octanol–water partition coefficient (Wildman–Crippen LogP) is -0.727. The summed E-state index contributed by atoms with van der Waals surface area (Å²) in [7, 11) is 0.0163. The molecule has 0 aliphatic heterocycles. The number of hydrogen-bond acceptors (Lipinski definition) is 8. The summed E-state index contributed by atoms with van der Waals surface area (Å²) in [5.74, 6) is 0.763. The van der Waals surface area contributed by atoms with Crippen molar-refractivity contribution in [3.63, 3.8) is 0 Å². The lowest BCUT2D eigenvalue weighted by atomic mass is 10.4. The van der Waals surface area contributed by atoms with E-state index in [0.29, 0.717) is 31.4 Å². The number of nitrogens with zero attached hydrogens (tertiary/aromatic N) is 3. The molecule has 19 heavy (non-hydrogen) atoms. The molecule has 0 atom stereocenters. The van der Waals surface area contributed by atoms with E-state index >= 15 is 0 Å². The molecule has 0 aliphatic rings. The van der Waals surface area contributed by atoms with Crippen LogP contribution in [0.2, 0.25) is 0 Å². The summed E-state index contributed by atoms with van der Waals surface area (Å²) in [4.78, 5) is 12.1. The van der Waals surface area contributed by atoms with Gasteiger partial charge in [0.25, 0.3) is 0 Å². The van der Waals surface area contributed by atoms with Gasteiger partial charge in [0.05, 0.1) is 13.4 Å². The van der Waals surface area contributed by atoms with Gasteiger partial charge >= 0.3 is 6.01 Å². The molecular formula is C9H18N6O3S. The Kier molecular flexibility index (Phi) is 5.70. The lowest BCUT2D eigenvalue weighted by Gasteiger charge is -2.07. The Morgan fingerprint density at radius 1 is 1.16 bits per heavy atom. The summed E-state index contributed by atoms with van der Waals surface area (Å²) in [6, 6.07) is 0.205. The van der Waals surface area contributed by atoms with Gasteiger partial charge in [-0.2, -0.15) is 15.0 Å². The molecule has 1 heterocycles. The predicted molar refractivity (Wildman–Crippen MR) is 71.9 cm³/mol. The van der Waals surface area contributed by atoms with Gasteiger partial charge in [-0.3, -0.25) is 0 Å². The van der Waals surface area contributed by atoms with Gasteiger partial charge in [-0.25, -0.2) is 13.1 Å². The van der Waals surface area contributed by atoms with Crippen LogP contribution in [0.5, 0.6) is 6.01 Å². The maximum Gasteiger partial charge on any atom is 0.322 e. The number of rotatable bonds is 8. The smallest absolute Gasteiger partial charge is 0.322 e. The molecule has 9 nitrogen and oxygen atoms in total. The van der Waals surface area contributed by atoms with Gasteiger partial charge in [-0.1, -0.05) is 0 Å². The highest BCUT2D eigenvalue weighted by molar-refractivity contribution is 7.88. The lowest BCUT2D eigenvalue weighted by molar-refractivity contribution is 0.379. The molecule has 0 saturated heterocycles. The Morgan fingerprint density at radius 2 is 1.84 bits per heavy atom. The fraction of sp³-hybridized carbons (Fsp3) is 0.667. The second kappa shape index (κ2) is 7.04. The van der Waals surface area contributed by atoms with E-state index < -0.39 is 10.0 Å². The highest BCUT2D eigenvalue weighted by Crippen LogP contribution is 2.09. The molecule has 0 aromatic carbocycles. The number of anilines is 2. The van der Waals surface area contributed by atoms with E-state index in [2.05, 4.69) is 30.3 Å². The van der Waals surface area contributed by atoms with Crippen LogP contribution in [0.25, 0.3) is 0 Å². The van der Waals surface area contributed by atoms with Crippen LogP contribution in [0.15, 0.2) is 0 Å². The van der Waals surface area contributed by atoms with Gasteiger partial charge in [0.1, 0.15) is 0 Å². The molecule has 10 heteroatoms. The van der Waals surface area contributed by atoms with Crippen LogP contribution in [0.4, 0.5) is 11.9 Å². The number of nitrogens with one attached hydrogen (secondary N) is 3. The van der Waals surface area contributed by atoms with Gasteiger partial charge in [-0.05, 0) is 6.42 Å². The van der Waals surface area contributed by atoms with Crippen LogP contribution in [0.3, 0.4) is 0 Å². The molecule has 0 radical (unpaired) electrons. The molecule has 1 aromatic heterocycles. The van der Waals surface area contributed by atoms with E-state index in [1.54, 1.807) is 7.05 Å². The van der Waals surface area contributed by atoms with E-state index in [-0.39, 0.29) is 6.01 Å². The van der Waals surface area contributed by atoms with E-state index in [1.807, 2.05) is 0 Å². The third kappa shape index (κ3) is 6.15. The van der Waals surface area contributed by atoms with Gasteiger partial charge in [-0.15, -0.1) is 0 Å². The van der Waals surface area contributed by atoms with Crippen molar-refractivity contribution in [2.24, 2.45) is 0 Å². The maximum absolute atomic E-state index is 10.8. The second-order valence-corrected chi connectivity index (χ2v) is 5.50. The standard InChI is InChI=1S/C9H18N6O3S/c1-10-7-13-8(15-9(14-7)18-2)11-5-4-6-12-19(3,16)17/h12H,4-6H2,1-3H3,(H2,10,11,13,14,15). The molecule has 1 rings (SSSR count). The monoisotopic (exact) mass is 290 g/mol. The quantitative estimate of drug-likeness (QED) is 0.536. The van der Waals surface area contributed by atoms with E-state index in [4.69, 9.17) is 4.74 Å². The second-order valence-electron chi connectivity index (χ2n) is 3.67. The van der Waals surface area contributed by atoms with Crippen LogP contribution < -0.4 is 20.1 Å². The zero-order valence-corrected chi connectivity index (χ0v) is 11.9. The van der Waals surface area contributed by atoms with Gasteiger partial charge in [0, 0.05) is 20.1 Å². The van der Waals surface area contributed by atoms with E-state index in [0.717, 1.165) is 6.26 Å². The van der Waals surface area contributed by atoms with Crippen molar-refractivity contribution < 1.29 is 13.2 Å². The van der Waals surface area contributed by atoms with Crippen molar-refractivity contribution >= 4 is 21.9 Å². The summed E-state index contributed by atoms with van der Waals surface area (Å²) in [6.07, 6.45) is 1.73. The van der Waals surface area contributed by atoms with Crippen molar-refractivity contribution in [1.29, 1.82) is 0 Å². The summed E-state index contributed by atoms with van der Waals surface area (Å²) in [5, 5.41) is 5.75. The number of ether oxygens (including phenoxy) is 1. The molecule has 0 aliphatic carbocycles. The molecular weight excluding hydrogens is 272 g/mol. The third-order valence-electron chi connectivity index (χ3n) is 2.02. The summed E-state index contributed by atoms with van der Waals surface area (Å²) in [6.45, 7) is 0.881. The van der Waals surface area contributed by atoms with Crippen molar-refractivity contribution in [3.05, 3.63) is 0 Å². The van der Waals surface area contributed by atoms with E-state index in [1.165, 1.54) is 7.11 Å². The molecule has 0 bridgehead atoms. The topological polar surface area (TPSA) is 118 Å². The number of hydrogen-bond donors (Lipinski definition) is 3. The van der Waals surface area contributed by atoms with Crippen LogP contribution in [-0.4, -0.2) is 56.9 Å². The minimum absolute atomic E-state index is 0.205. The number of methoxy groups -OCH3 is 1. The van der Waals surface area contributed by atoms with Crippen molar-refractivity contribution in [3.8, 4) is 6.01 Å². The van der Waals surface area contributed by atoms with Gasteiger partial charge < -0.3 is 15.4 Å². The third-order valence-corrected chi connectivity index (χ3v) is 2.75. The average Bonchev–Trinajstić information content (AvgIpc) is 2.36. The first-order valence-electron chi connectivity index (χ1n) is 5.61. The van der Waals surface area contributed by atoms with E-state index in [9.17, 15) is 8.42 Å². The number of aromatic nitrogens is 3. The minimum atomic E-state index is -3.14. The SMILES string of the molecule is CNc1nc(NCCCNS(C)(=O)=O)nc(OC)n1. The Bertz CT molecular complexity index is 484. The summed E-state index contributed by atoms with van der Waals surface area (Å²) >= 11 is 0. The van der Waals surface area contributed by atoms with Gasteiger partial charge in [0.15, 0.2) is 0 Å². The Labute approximate surface area is 112 Å². The summed E-state index contributed by atoms with van der Waals surface area (Å²) < 4.78 is 29.0. The molecule has 0 saturated carbocycles. The van der Waals surface area contributed by atoms with Crippen molar-refractivity contribution in [1.82, 2.24) is 19.7 Å². The Hall–Kier alpha value is -1.68. The fourth-order valence-electron chi connectivity index (χ4n) is 1.18. The fourth-order valence-corrected chi connectivity index (χ4v) is 1.70. The first-order valence-corrected chi connectivity index (χ1v) is 7.50. The maximum atomic E-state index is 10.8. The molecule has 0 fully saturated rings. The van der Waals surface area contributed by atoms with Crippen molar-refractivity contribution in [2.75, 3.05) is 44.1 Å².